The van der Waals surface area contributed by atoms with E-state index in [4.69, 9.17) is 22.9 Å². The molecule has 2 rings (SSSR count). The highest BCUT2D eigenvalue weighted by Gasteiger charge is 2.39. The Kier molecular flexibility index (Phi) is 29.5. The van der Waals surface area contributed by atoms with E-state index >= 15 is 0 Å². The Labute approximate surface area is 387 Å². The number of aliphatic hydroxyl groups excluding tert-OH is 3. The second-order valence-corrected chi connectivity index (χ2v) is 20.8. The Morgan fingerprint density at radius 1 is 0.766 bits per heavy atom. The van der Waals surface area contributed by atoms with Crippen LogP contribution in [0.1, 0.15) is 184 Å². The summed E-state index contributed by atoms with van der Waals surface area (Å²) in [4.78, 5) is 38.0. The molecule has 0 aliphatic heterocycles. The minimum Gasteiger partial charge on any atom is -0.756 e. The summed E-state index contributed by atoms with van der Waals surface area (Å²) in [7, 11) is 1.02. The van der Waals surface area contributed by atoms with E-state index in [1.807, 2.05) is 27.2 Å². The summed E-state index contributed by atoms with van der Waals surface area (Å²) in [5, 5.41) is 31.5. The van der Waals surface area contributed by atoms with Gasteiger partial charge in [-0.25, -0.2) is 0 Å². The number of nitrogens with zero attached hydrogens (tertiary/aromatic N) is 1. The molecule has 0 saturated heterocycles. The van der Waals surface area contributed by atoms with Gasteiger partial charge in [0.15, 0.2) is 6.10 Å². The Morgan fingerprint density at radius 3 is 1.92 bits per heavy atom. The summed E-state index contributed by atoms with van der Waals surface area (Å²) >= 11 is 0. The first-order chi connectivity index (χ1) is 30.5. The lowest BCUT2D eigenvalue weighted by atomic mass is 9.88. The molecule has 1 aliphatic rings. The molecule has 1 heterocycles. The van der Waals surface area contributed by atoms with E-state index < -0.39 is 50.8 Å². The molecule has 0 aromatic carbocycles. The third kappa shape index (κ3) is 25.7. The number of carbonyl (C=O) groups excluding carboxylic acids is 2. The Balaban J connectivity index is 1.72. The van der Waals surface area contributed by atoms with Crippen LogP contribution in [0.4, 0.5) is 0 Å². The van der Waals surface area contributed by atoms with Gasteiger partial charge in [-0.3, -0.25) is 14.2 Å². The number of aryl methyl sites for hydroxylation is 2. The Hall–Kier alpha value is -2.09. The molecule has 3 N–H and O–H groups in total. The zero-order valence-corrected chi connectivity index (χ0v) is 41.9. The average Bonchev–Trinajstić information content (AvgIpc) is 3.66. The van der Waals surface area contributed by atoms with Gasteiger partial charge in [-0.2, -0.15) is 0 Å². The summed E-state index contributed by atoms with van der Waals surface area (Å²) in [5.41, 5.74) is 2.63. The summed E-state index contributed by atoms with van der Waals surface area (Å²) in [6, 6.07) is 0. The minimum atomic E-state index is -4.70. The predicted octanol–water partition coefficient (Wildman–Crippen LogP) is 9.54. The molecular weight excluding hydrogens is 838 g/mol. The summed E-state index contributed by atoms with van der Waals surface area (Å²) in [6.45, 7) is 8.19. The molecular formula is C50H90NO12P. The van der Waals surface area contributed by atoms with E-state index in [0.29, 0.717) is 43.1 Å². The van der Waals surface area contributed by atoms with Crippen molar-refractivity contribution in [3.63, 3.8) is 0 Å². The van der Waals surface area contributed by atoms with Gasteiger partial charge in [-0.1, -0.05) is 116 Å². The third-order valence-electron chi connectivity index (χ3n) is 12.6. The number of likely N-dealkylation sites (N-methyl/N-ethyl adjacent to an activating group) is 1. The fourth-order valence-electron chi connectivity index (χ4n) is 8.34. The fraction of sp³-hybridized carbons (Fsp3) is 0.840. The van der Waals surface area contributed by atoms with Crippen LogP contribution in [0.2, 0.25) is 0 Å². The van der Waals surface area contributed by atoms with Gasteiger partial charge in [-0.15, -0.1) is 0 Å². The highest BCUT2D eigenvalue weighted by atomic mass is 31.2. The van der Waals surface area contributed by atoms with Crippen molar-refractivity contribution in [3.8, 4) is 0 Å². The maximum atomic E-state index is 12.9. The van der Waals surface area contributed by atoms with E-state index in [0.717, 1.165) is 95.0 Å². The molecule has 0 amide bonds. The smallest absolute Gasteiger partial charge is 0.306 e. The summed E-state index contributed by atoms with van der Waals surface area (Å²) in [5.74, 6) is 1.01. The standard InChI is InChI=1S/C50H90NO12P/c1-8-10-20-26-41(52)32-33-44-43(45(53)36-46(44)54)27-22-18-19-25-31-50(56)62-42(38-61-64(57,58)60-35-34-51(5,6)7)37-59-49(55)30-24-17-15-13-12-14-16-23-29-48-40(4)39(3)47(63-48)28-21-11-9-2/h32-33,41-46,52-54H,8-31,34-38H2,1-7H3/b33-32+/t41-,42+,43+,44+,45-,46+/m0/s1. The number of furan rings is 1. The zero-order valence-electron chi connectivity index (χ0n) is 41.0. The van der Waals surface area contributed by atoms with Gasteiger partial charge in [0.25, 0.3) is 7.82 Å². The first-order valence-electron chi connectivity index (χ1n) is 25.0. The lowest BCUT2D eigenvalue weighted by Gasteiger charge is -2.28. The maximum absolute atomic E-state index is 12.9. The number of phosphoric acid groups is 1. The van der Waals surface area contributed by atoms with Gasteiger partial charge in [0.05, 0.1) is 46.1 Å². The normalized spacial score (nSPS) is 19.9. The molecule has 1 saturated carbocycles. The van der Waals surface area contributed by atoms with E-state index in [1.54, 1.807) is 6.08 Å². The molecule has 0 radical (unpaired) electrons. The van der Waals surface area contributed by atoms with Gasteiger partial charge < -0.3 is 47.6 Å². The maximum Gasteiger partial charge on any atom is 0.306 e. The number of esters is 2. The van der Waals surface area contributed by atoms with Gasteiger partial charge >= 0.3 is 11.9 Å². The van der Waals surface area contributed by atoms with E-state index in [-0.39, 0.29) is 37.9 Å². The number of phosphoric ester groups is 1. The molecule has 372 valence electrons. The topological polar surface area (TPSA) is 185 Å². The number of rotatable bonds is 38. The van der Waals surface area contributed by atoms with Crippen molar-refractivity contribution in [2.75, 3.05) is 47.5 Å². The van der Waals surface area contributed by atoms with E-state index in [1.165, 1.54) is 43.2 Å². The van der Waals surface area contributed by atoms with Crippen LogP contribution in [-0.4, -0.2) is 104 Å². The predicted molar refractivity (Wildman–Crippen MR) is 251 cm³/mol. The number of ether oxygens (including phenoxy) is 2. The Morgan fingerprint density at radius 2 is 1.31 bits per heavy atom. The van der Waals surface area contributed by atoms with Crippen molar-refractivity contribution in [1.29, 1.82) is 0 Å². The second-order valence-electron chi connectivity index (χ2n) is 19.4. The lowest BCUT2D eigenvalue weighted by Crippen LogP contribution is -2.37. The van der Waals surface area contributed by atoms with Crippen molar-refractivity contribution >= 4 is 19.8 Å². The quantitative estimate of drug-likeness (QED) is 0.0188. The van der Waals surface area contributed by atoms with Crippen LogP contribution in [0.25, 0.3) is 0 Å². The van der Waals surface area contributed by atoms with Crippen molar-refractivity contribution in [2.24, 2.45) is 11.8 Å². The molecule has 1 unspecified atom stereocenters. The van der Waals surface area contributed by atoms with Gasteiger partial charge in [-0.05, 0) is 69.4 Å². The van der Waals surface area contributed by atoms with Crippen molar-refractivity contribution in [2.45, 2.75) is 213 Å². The average molecular weight is 928 g/mol. The van der Waals surface area contributed by atoms with Crippen LogP contribution < -0.4 is 4.89 Å². The first kappa shape index (κ1) is 58.0. The number of quaternary nitrogens is 1. The first-order valence-corrected chi connectivity index (χ1v) is 26.5. The molecule has 0 bridgehead atoms. The van der Waals surface area contributed by atoms with Crippen LogP contribution >= 0.6 is 7.82 Å². The fourth-order valence-corrected chi connectivity index (χ4v) is 9.07. The van der Waals surface area contributed by atoms with Crippen molar-refractivity contribution < 1.29 is 61.8 Å². The molecule has 0 spiro atoms. The van der Waals surface area contributed by atoms with Gasteiger partial charge in [0.1, 0.15) is 31.3 Å². The van der Waals surface area contributed by atoms with Gasteiger partial charge in [0, 0.05) is 38.0 Å². The minimum absolute atomic E-state index is 0.0745. The summed E-state index contributed by atoms with van der Waals surface area (Å²) < 4.78 is 40.3. The zero-order chi connectivity index (χ0) is 47.4. The molecule has 1 aliphatic carbocycles. The third-order valence-corrected chi connectivity index (χ3v) is 13.6. The molecule has 1 aromatic rings. The van der Waals surface area contributed by atoms with Crippen LogP contribution in [0.3, 0.4) is 0 Å². The van der Waals surface area contributed by atoms with E-state index in [2.05, 4.69) is 27.7 Å². The SMILES string of the molecule is CCCCCc1oc(CCCCCCCCCCC(=O)OC[C@H](COP(=O)([O-])OCC[N+](C)(C)C)OC(=O)CCCCCC[C@@H]2[C@@H](/C=C/[C@@H](O)CCCCC)[C@H](O)C[C@@H]2O)c(C)c1C. The van der Waals surface area contributed by atoms with E-state index in [9.17, 15) is 34.4 Å². The second kappa shape index (κ2) is 32.6. The van der Waals surface area contributed by atoms with Crippen LogP contribution in [0.15, 0.2) is 16.6 Å². The van der Waals surface area contributed by atoms with Gasteiger partial charge in [0.2, 0.25) is 0 Å². The lowest BCUT2D eigenvalue weighted by molar-refractivity contribution is -0.870. The highest BCUT2D eigenvalue weighted by Crippen LogP contribution is 2.39. The molecule has 64 heavy (non-hydrogen) atoms. The van der Waals surface area contributed by atoms with Crippen molar-refractivity contribution in [1.82, 2.24) is 0 Å². The Bertz CT molecular complexity index is 1490. The molecule has 7 atom stereocenters. The molecule has 14 heteroatoms. The number of carbonyl (C=O) groups is 2. The highest BCUT2D eigenvalue weighted by molar-refractivity contribution is 7.45. The van der Waals surface area contributed by atoms with Crippen LogP contribution in [0.5, 0.6) is 0 Å². The largest absolute Gasteiger partial charge is 0.756 e. The molecule has 1 aromatic heterocycles. The van der Waals surface area contributed by atoms with Crippen LogP contribution in [-0.2, 0) is 45.5 Å². The van der Waals surface area contributed by atoms with Crippen LogP contribution in [0, 0.1) is 25.7 Å². The monoisotopic (exact) mass is 928 g/mol. The number of hydrogen-bond donors (Lipinski definition) is 3. The number of unbranched alkanes of at least 4 members (excludes halogenated alkanes) is 14. The molecule has 1 fully saturated rings. The van der Waals surface area contributed by atoms with Crippen molar-refractivity contribution in [3.05, 3.63) is 34.8 Å². The number of aliphatic hydroxyl groups is 3. The number of hydrogen-bond acceptors (Lipinski definition) is 12. The summed E-state index contributed by atoms with van der Waals surface area (Å²) in [6.07, 6.45) is 22.7. The molecule has 13 nitrogen and oxygen atoms in total.